The number of hydrogen-bond acceptors (Lipinski definition) is 6. The Labute approximate surface area is 137 Å². The molecule has 22 heavy (non-hydrogen) atoms. The fourth-order valence-electron chi connectivity index (χ4n) is 1.68. The second-order valence-corrected chi connectivity index (χ2v) is 6.01. The van der Waals surface area contributed by atoms with Gasteiger partial charge in [0, 0.05) is 29.0 Å². The van der Waals surface area contributed by atoms with E-state index in [2.05, 4.69) is 15.3 Å². The zero-order valence-corrected chi connectivity index (χ0v) is 13.3. The van der Waals surface area contributed by atoms with E-state index in [4.69, 9.17) is 23.1 Å². The molecule has 2 aromatic rings. The van der Waals surface area contributed by atoms with Gasteiger partial charge in [0.05, 0.1) is 0 Å². The first-order valence-corrected chi connectivity index (χ1v) is 7.97. The second kappa shape index (κ2) is 7.86. The number of amides is 1. The number of hydrogen-bond donors (Lipinski definition) is 3. The van der Waals surface area contributed by atoms with Gasteiger partial charge in [0.2, 0.25) is 5.91 Å². The van der Waals surface area contributed by atoms with Crippen LogP contribution in [0.5, 0.6) is 0 Å². The molecule has 1 aromatic carbocycles. The summed E-state index contributed by atoms with van der Waals surface area (Å²) in [5.41, 5.74) is 11.9. The molecule has 0 aliphatic carbocycles. The van der Waals surface area contributed by atoms with Crippen LogP contribution in [0.25, 0.3) is 0 Å². The summed E-state index contributed by atoms with van der Waals surface area (Å²) in [6.07, 6.45) is 1.11. The van der Waals surface area contributed by atoms with E-state index in [1.165, 1.54) is 17.8 Å². The van der Waals surface area contributed by atoms with Gasteiger partial charge in [-0.1, -0.05) is 23.4 Å². The minimum absolute atomic E-state index is 0.0454. The van der Waals surface area contributed by atoms with Crippen molar-refractivity contribution in [3.8, 4) is 0 Å². The summed E-state index contributed by atoms with van der Waals surface area (Å²) in [6, 6.07) is 8.49. The molecular formula is C14H16ClN5OS. The molecule has 8 heteroatoms. The zero-order chi connectivity index (χ0) is 15.9. The lowest BCUT2D eigenvalue weighted by atomic mass is 10.3. The summed E-state index contributed by atoms with van der Waals surface area (Å²) in [4.78, 5) is 19.9. The maximum atomic E-state index is 11.8. The van der Waals surface area contributed by atoms with Crippen molar-refractivity contribution >= 4 is 46.6 Å². The molecule has 0 spiro atoms. The highest BCUT2D eigenvalue weighted by atomic mass is 35.5. The van der Waals surface area contributed by atoms with Crippen molar-refractivity contribution in [1.29, 1.82) is 0 Å². The number of benzene rings is 1. The van der Waals surface area contributed by atoms with Gasteiger partial charge < -0.3 is 16.8 Å². The smallest absolute Gasteiger partial charge is 0.224 e. The van der Waals surface area contributed by atoms with Gasteiger partial charge in [-0.15, -0.1) is 0 Å². The van der Waals surface area contributed by atoms with Crippen LogP contribution < -0.4 is 16.8 Å². The van der Waals surface area contributed by atoms with Crippen LogP contribution in [-0.4, -0.2) is 21.6 Å². The fourth-order valence-corrected chi connectivity index (χ4v) is 2.62. The van der Waals surface area contributed by atoms with E-state index in [-0.39, 0.29) is 5.91 Å². The Morgan fingerprint density at radius 3 is 2.45 bits per heavy atom. The molecule has 116 valence electrons. The minimum Gasteiger partial charge on any atom is -0.383 e. The number of rotatable bonds is 6. The van der Waals surface area contributed by atoms with Gasteiger partial charge in [0.15, 0.2) is 5.16 Å². The molecule has 0 aliphatic rings. The van der Waals surface area contributed by atoms with Crippen molar-refractivity contribution in [3.05, 3.63) is 35.4 Å². The Morgan fingerprint density at radius 1 is 1.18 bits per heavy atom. The van der Waals surface area contributed by atoms with Gasteiger partial charge in [0.25, 0.3) is 0 Å². The number of anilines is 3. The van der Waals surface area contributed by atoms with Gasteiger partial charge >= 0.3 is 0 Å². The Morgan fingerprint density at radius 2 is 1.82 bits per heavy atom. The number of nitrogens with two attached hydrogens (primary N) is 2. The van der Waals surface area contributed by atoms with Gasteiger partial charge in [0.1, 0.15) is 11.6 Å². The lowest BCUT2D eigenvalue weighted by molar-refractivity contribution is -0.116. The van der Waals surface area contributed by atoms with Crippen molar-refractivity contribution in [1.82, 2.24) is 9.97 Å². The van der Waals surface area contributed by atoms with Gasteiger partial charge in [-0.05, 0) is 30.7 Å². The van der Waals surface area contributed by atoms with Crippen LogP contribution in [0.15, 0.2) is 35.5 Å². The van der Waals surface area contributed by atoms with Crippen molar-refractivity contribution in [2.45, 2.75) is 18.0 Å². The third kappa shape index (κ3) is 5.42. The van der Waals surface area contributed by atoms with E-state index in [9.17, 15) is 4.79 Å². The molecule has 1 aromatic heterocycles. The SMILES string of the molecule is Nc1cc(N)nc(SCCCC(=O)Nc2ccc(Cl)cc2)n1. The summed E-state index contributed by atoms with van der Waals surface area (Å²) in [5, 5.41) is 3.97. The zero-order valence-electron chi connectivity index (χ0n) is 11.8. The first kappa shape index (κ1) is 16.4. The summed E-state index contributed by atoms with van der Waals surface area (Å²) in [5.74, 6) is 1.35. The highest BCUT2D eigenvalue weighted by Gasteiger charge is 2.05. The maximum absolute atomic E-state index is 11.8. The second-order valence-electron chi connectivity index (χ2n) is 4.51. The van der Waals surface area contributed by atoms with Crippen LogP contribution in [0.3, 0.4) is 0 Å². The monoisotopic (exact) mass is 337 g/mol. The van der Waals surface area contributed by atoms with Crippen LogP contribution in [0.1, 0.15) is 12.8 Å². The molecular weight excluding hydrogens is 322 g/mol. The molecule has 0 aliphatic heterocycles. The predicted molar refractivity (Wildman–Crippen MR) is 90.9 cm³/mol. The van der Waals surface area contributed by atoms with E-state index in [1.54, 1.807) is 24.3 Å². The molecule has 5 N–H and O–H groups in total. The van der Waals surface area contributed by atoms with E-state index in [1.807, 2.05) is 0 Å². The molecule has 0 unspecified atom stereocenters. The van der Waals surface area contributed by atoms with Crippen molar-refractivity contribution in [2.24, 2.45) is 0 Å². The van der Waals surface area contributed by atoms with Gasteiger partial charge in [-0.25, -0.2) is 9.97 Å². The van der Waals surface area contributed by atoms with Crippen LogP contribution >= 0.6 is 23.4 Å². The van der Waals surface area contributed by atoms with Gasteiger partial charge in [-0.2, -0.15) is 0 Å². The van der Waals surface area contributed by atoms with E-state index >= 15 is 0 Å². The van der Waals surface area contributed by atoms with Crippen LogP contribution in [0.2, 0.25) is 5.02 Å². The number of aromatic nitrogens is 2. The maximum Gasteiger partial charge on any atom is 0.224 e. The summed E-state index contributed by atoms with van der Waals surface area (Å²) in [6.45, 7) is 0. The molecule has 0 fully saturated rings. The highest BCUT2D eigenvalue weighted by Crippen LogP contribution is 2.18. The minimum atomic E-state index is -0.0454. The topological polar surface area (TPSA) is 107 Å². The lowest BCUT2D eigenvalue weighted by Gasteiger charge is -2.05. The van der Waals surface area contributed by atoms with Gasteiger partial charge in [-0.3, -0.25) is 4.79 Å². The average molecular weight is 338 g/mol. The third-order valence-corrected chi connectivity index (χ3v) is 3.84. The molecule has 6 nitrogen and oxygen atoms in total. The largest absolute Gasteiger partial charge is 0.383 e. The first-order valence-electron chi connectivity index (χ1n) is 6.61. The highest BCUT2D eigenvalue weighted by molar-refractivity contribution is 7.99. The fraction of sp³-hybridized carbons (Fsp3) is 0.214. The molecule has 2 rings (SSSR count). The van der Waals surface area contributed by atoms with E-state index in [0.29, 0.717) is 40.4 Å². The Bertz CT molecular complexity index is 630. The first-order chi connectivity index (χ1) is 10.5. The van der Waals surface area contributed by atoms with Crippen molar-refractivity contribution < 1.29 is 4.79 Å². The van der Waals surface area contributed by atoms with Crippen LogP contribution in [-0.2, 0) is 4.79 Å². The Balaban J connectivity index is 1.71. The van der Waals surface area contributed by atoms with Crippen LogP contribution in [0.4, 0.5) is 17.3 Å². The van der Waals surface area contributed by atoms with Crippen molar-refractivity contribution in [3.63, 3.8) is 0 Å². The number of carbonyl (C=O) groups excluding carboxylic acids is 1. The molecule has 0 bridgehead atoms. The number of nitrogens with one attached hydrogen (secondary N) is 1. The van der Waals surface area contributed by atoms with Crippen LogP contribution in [0, 0.1) is 0 Å². The molecule has 1 heterocycles. The molecule has 0 atom stereocenters. The van der Waals surface area contributed by atoms with Crippen molar-refractivity contribution in [2.75, 3.05) is 22.5 Å². The number of carbonyl (C=O) groups is 1. The third-order valence-electron chi connectivity index (χ3n) is 2.65. The van der Waals surface area contributed by atoms with E-state index in [0.717, 1.165) is 5.69 Å². The Kier molecular flexibility index (Phi) is 5.85. The molecule has 0 saturated heterocycles. The number of thioether (sulfide) groups is 1. The predicted octanol–water partition coefficient (Wildman–Crippen LogP) is 2.81. The Hall–Kier alpha value is -1.99. The normalized spacial score (nSPS) is 10.4. The molecule has 0 radical (unpaired) electrons. The summed E-state index contributed by atoms with van der Waals surface area (Å²) in [7, 11) is 0. The lowest BCUT2D eigenvalue weighted by Crippen LogP contribution is -2.11. The average Bonchev–Trinajstić information content (AvgIpc) is 2.45. The molecule has 1 amide bonds. The number of halogens is 1. The standard InChI is InChI=1S/C14H16ClN5OS/c15-9-3-5-10(6-4-9)18-13(21)2-1-7-22-14-19-11(16)8-12(17)20-14/h3-6,8H,1-2,7H2,(H,18,21)(H4,16,17,19,20). The summed E-state index contributed by atoms with van der Waals surface area (Å²) < 4.78 is 0. The quantitative estimate of drug-likeness (QED) is 0.425. The van der Waals surface area contributed by atoms with E-state index < -0.39 is 0 Å². The molecule has 0 saturated carbocycles. The number of nitrogen functional groups attached to an aromatic ring is 2. The summed E-state index contributed by atoms with van der Waals surface area (Å²) >= 11 is 7.21. The number of nitrogens with zero attached hydrogens (tertiary/aromatic N) is 2.